The SMILES string of the molecule is NS(=O)(=O)c1ccc(N(S(=O)(=O)c2ccccc2)S(=O)(=O)c2ccccc2)cc1. The van der Waals surface area contributed by atoms with E-state index in [1.807, 2.05) is 0 Å². The minimum absolute atomic E-state index is 0.241. The van der Waals surface area contributed by atoms with Crippen molar-refractivity contribution in [2.24, 2.45) is 5.14 Å². The summed E-state index contributed by atoms with van der Waals surface area (Å²) in [5.41, 5.74) is -0.259. The molecular formula is C18H16N2O6S3. The summed E-state index contributed by atoms with van der Waals surface area (Å²) >= 11 is 0. The molecule has 3 aromatic carbocycles. The Morgan fingerprint density at radius 1 is 0.517 bits per heavy atom. The van der Waals surface area contributed by atoms with E-state index in [4.69, 9.17) is 5.14 Å². The molecule has 0 saturated carbocycles. The standard InChI is InChI=1S/C18H16N2O6S3/c19-27(21,22)16-13-11-15(12-14-16)20(28(23,24)17-7-3-1-4-8-17)29(25,26)18-9-5-2-6-10-18/h1-14H,(H2,19,21,22). The Morgan fingerprint density at radius 3 is 1.24 bits per heavy atom. The number of nitrogens with two attached hydrogens (primary N) is 1. The Morgan fingerprint density at radius 2 is 0.897 bits per heavy atom. The number of nitrogens with zero attached hydrogens (tertiary/aromatic N) is 1. The van der Waals surface area contributed by atoms with Crippen LogP contribution in [0.4, 0.5) is 5.69 Å². The largest absolute Gasteiger partial charge is 0.277 e. The first-order chi connectivity index (χ1) is 13.5. The van der Waals surface area contributed by atoms with E-state index >= 15 is 0 Å². The van der Waals surface area contributed by atoms with Gasteiger partial charge in [0.25, 0.3) is 20.0 Å². The van der Waals surface area contributed by atoms with Crippen molar-refractivity contribution in [2.45, 2.75) is 14.7 Å². The summed E-state index contributed by atoms with van der Waals surface area (Å²) in [5, 5.41) is 5.06. The number of hydrogen-bond acceptors (Lipinski definition) is 6. The van der Waals surface area contributed by atoms with Gasteiger partial charge in [0.15, 0.2) is 0 Å². The van der Waals surface area contributed by atoms with Crippen LogP contribution in [0.3, 0.4) is 0 Å². The summed E-state index contributed by atoms with van der Waals surface area (Å²) in [6, 6.07) is 18.3. The lowest BCUT2D eigenvalue weighted by molar-refractivity contribution is 0.584. The van der Waals surface area contributed by atoms with Gasteiger partial charge in [0, 0.05) is 0 Å². The fourth-order valence-electron chi connectivity index (χ4n) is 2.54. The second-order valence-corrected chi connectivity index (χ2v) is 11.2. The number of anilines is 1. The zero-order valence-corrected chi connectivity index (χ0v) is 17.2. The molecule has 0 atom stereocenters. The highest BCUT2D eigenvalue weighted by Gasteiger charge is 2.36. The molecule has 0 aliphatic rings. The third-order valence-electron chi connectivity index (χ3n) is 3.89. The number of sulfonamides is 3. The predicted molar refractivity (Wildman–Crippen MR) is 108 cm³/mol. The first kappa shape index (κ1) is 21.0. The summed E-state index contributed by atoms with van der Waals surface area (Å²) in [5.74, 6) is 0. The van der Waals surface area contributed by atoms with Gasteiger partial charge in [-0.15, -0.1) is 0 Å². The molecule has 11 heteroatoms. The van der Waals surface area contributed by atoms with Crippen molar-refractivity contribution in [3.8, 4) is 0 Å². The average Bonchev–Trinajstić information content (AvgIpc) is 2.69. The van der Waals surface area contributed by atoms with Crippen LogP contribution in [-0.2, 0) is 30.1 Å². The molecule has 8 nitrogen and oxygen atoms in total. The van der Waals surface area contributed by atoms with Crippen molar-refractivity contribution in [1.29, 1.82) is 0 Å². The molecule has 0 saturated heterocycles. The fourth-order valence-corrected chi connectivity index (χ4v) is 6.79. The molecule has 3 aromatic rings. The lowest BCUT2D eigenvalue weighted by Crippen LogP contribution is -2.37. The van der Waals surface area contributed by atoms with Crippen LogP contribution >= 0.6 is 0 Å². The van der Waals surface area contributed by atoms with Gasteiger partial charge in [-0.05, 0) is 48.5 Å². The van der Waals surface area contributed by atoms with Crippen molar-refractivity contribution < 1.29 is 25.3 Å². The highest BCUT2D eigenvalue weighted by atomic mass is 32.3. The van der Waals surface area contributed by atoms with Crippen molar-refractivity contribution in [3.63, 3.8) is 0 Å². The number of primary sulfonamides is 1. The van der Waals surface area contributed by atoms with Gasteiger partial charge in [-0.3, -0.25) is 0 Å². The summed E-state index contributed by atoms with van der Waals surface area (Å²) in [6.07, 6.45) is 0. The molecular weight excluding hydrogens is 436 g/mol. The quantitative estimate of drug-likeness (QED) is 0.608. The van der Waals surface area contributed by atoms with Crippen molar-refractivity contribution in [3.05, 3.63) is 84.9 Å². The van der Waals surface area contributed by atoms with E-state index in [-0.39, 0.29) is 24.1 Å². The molecule has 0 spiro atoms. The number of rotatable bonds is 6. The number of benzene rings is 3. The van der Waals surface area contributed by atoms with E-state index in [9.17, 15) is 25.3 Å². The van der Waals surface area contributed by atoms with Gasteiger partial charge in [-0.2, -0.15) is 3.71 Å². The summed E-state index contributed by atoms with van der Waals surface area (Å²) in [7, 11) is -13.1. The second kappa shape index (κ2) is 7.59. The van der Waals surface area contributed by atoms with E-state index in [0.717, 1.165) is 24.3 Å². The highest BCUT2D eigenvalue weighted by molar-refractivity contribution is 8.10. The molecule has 152 valence electrons. The molecule has 2 N–H and O–H groups in total. The molecule has 0 aliphatic heterocycles. The van der Waals surface area contributed by atoms with Crippen LogP contribution in [0.15, 0.2) is 99.6 Å². The molecule has 0 bridgehead atoms. The van der Waals surface area contributed by atoms with Gasteiger partial charge in [0.1, 0.15) is 0 Å². The molecule has 0 aromatic heterocycles. The van der Waals surface area contributed by atoms with Crippen molar-refractivity contribution in [1.82, 2.24) is 0 Å². The molecule has 0 radical (unpaired) electrons. The van der Waals surface area contributed by atoms with Crippen molar-refractivity contribution >= 4 is 35.8 Å². The Bertz CT molecular complexity index is 1250. The normalized spacial score (nSPS) is 12.4. The van der Waals surface area contributed by atoms with Crippen LogP contribution in [-0.4, -0.2) is 25.3 Å². The molecule has 0 fully saturated rings. The van der Waals surface area contributed by atoms with E-state index in [0.29, 0.717) is 0 Å². The molecule has 0 aliphatic carbocycles. The van der Waals surface area contributed by atoms with E-state index in [1.165, 1.54) is 48.5 Å². The smallest absolute Gasteiger partial charge is 0.225 e. The summed E-state index contributed by atoms with van der Waals surface area (Å²) < 4.78 is 76.2. The Balaban J connectivity index is 2.26. The van der Waals surface area contributed by atoms with Gasteiger partial charge >= 0.3 is 0 Å². The first-order valence-electron chi connectivity index (χ1n) is 8.08. The third kappa shape index (κ3) is 4.17. The summed E-state index contributed by atoms with van der Waals surface area (Å²) in [6.45, 7) is 0. The lowest BCUT2D eigenvalue weighted by atomic mass is 10.3. The van der Waals surface area contributed by atoms with Crippen LogP contribution < -0.4 is 8.85 Å². The zero-order valence-electron chi connectivity index (χ0n) is 14.8. The highest BCUT2D eigenvalue weighted by Crippen LogP contribution is 2.31. The van der Waals surface area contributed by atoms with E-state index < -0.39 is 30.1 Å². The maximum atomic E-state index is 13.2. The molecule has 0 amide bonds. The predicted octanol–water partition coefficient (Wildman–Crippen LogP) is 1.92. The summed E-state index contributed by atoms with van der Waals surface area (Å²) in [4.78, 5) is -0.763. The monoisotopic (exact) mass is 452 g/mol. The first-order valence-corrected chi connectivity index (χ1v) is 12.5. The molecule has 0 unspecified atom stereocenters. The second-order valence-electron chi connectivity index (χ2n) is 5.87. The topological polar surface area (TPSA) is 132 Å². The Kier molecular flexibility index (Phi) is 5.50. The van der Waals surface area contributed by atoms with Gasteiger partial charge < -0.3 is 0 Å². The average molecular weight is 453 g/mol. The van der Waals surface area contributed by atoms with Gasteiger partial charge in [0.2, 0.25) is 10.0 Å². The van der Waals surface area contributed by atoms with Crippen LogP contribution in [0.1, 0.15) is 0 Å². The van der Waals surface area contributed by atoms with Gasteiger partial charge in [-0.1, -0.05) is 36.4 Å². The maximum absolute atomic E-state index is 13.2. The number of hydrogen-bond donors (Lipinski definition) is 1. The van der Waals surface area contributed by atoms with Crippen LogP contribution in [0.2, 0.25) is 0 Å². The van der Waals surface area contributed by atoms with E-state index in [1.54, 1.807) is 12.1 Å². The zero-order chi connectivity index (χ0) is 21.3. The molecule has 0 heterocycles. The maximum Gasteiger partial charge on any atom is 0.277 e. The Hall–Kier alpha value is -2.73. The van der Waals surface area contributed by atoms with Crippen LogP contribution in [0.5, 0.6) is 0 Å². The Labute approximate surface area is 169 Å². The van der Waals surface area contributed by atoms with Crippen LogP contribution in [0, 0.1) is 0 Å². The fraction of sp³-hybridized carbons (Fsp3) is 0. The lowest BCUT2D eigenvalue weighted by Gasteiger charge is -2.24. The van der Waals surface area contributed by atoms with Crippen LogP contribution in [0.25, 0.3) is 0 Å². The van der Waals surface area contributed by atoms with Gasteiger partial charge in [0.05, 0.1) is 20.4 Å². The van der Waals surface area contributed by atoms with Gasteiger partial charge in [-0.25, -0.2) is 30.4 Å². The van der Waals surface area contributed by atoms with Crippen molar-refractivity contribution in [2.75, 3.05) is 3.71 Å². The molecule has 3 rings (SSSR count). The molecule has 29 heavy (non-hydrogen) atoms. The minimum Gasteiger partial charge on any atom is -0.225 e. The third-order valence-corrected chi connectivity index (χ3v) is 9.03. The van der Waals surface area contributed by atoms with E-state index in [2.05, 4.69) is 0 Å². The minimum atomic E-state index is -4.54.